The van der Waals surface area contributed by atoms with Crippen LogP contribution in [0.1, 0.15) is 49.4 Å². The highest BCUT2D eigenvalue weighted by Gasteiger charge is 2.29. The Balaban J connectivity index is 1.58. The lowest BCUT2D eigenvalue weighted by Crippen LogP contribution is -2.47. The number of rotatable bonds is 4. The summed E-state index contributed by atoms with van der Waals surface area (Å²) in [5.41, 5.74) is 0. The van der Waals surface area contributed by atoms with Crippen molar-refractivity contribution in [3.8, 4) is 0 Å². The zero-order valence-electron chi connectivity index (χ0n) is 13.5. The Morgan fingerprint density at radius 3 is 1.95 bits per heavy atom. The summed E-state index contributed by atoms with van der Waals surface area (Å²) in [5, 5.41) is 11.9. The molecule has 3 heterocycles. The second kappa shape index (κ2) is 6.13. The molecule has 1 aliphatic rings. The van der Waals surface area contributed by atoms with Gasteiger partial charge >= 0.3 is 0 Å². The molecule has 120 valence electrons. The first-order valence-corrected chi connectivity index (χ1v) is 7.63. The van der Waals surface area contributed by atoms with Gasteiger partial charge in [-0.05, 0) is 20.8 Å². The molecule has 0 bridgehead atoms. The summed E-state index contributed by atoms with van der Waals surface area (Å²) in [6.07, 6.45) is 0. The molecule has 0 spiro atoms. The lowest BCUT2D eigenvalue weighted by atomic mass is 10.2. The second-order valence-electron chi connectivity index (χ2n) is 5.76. The van der Waals surface area contributed by atoms with Gasteiger partial charge in [-0.1, -0.05) is 5.16 Å². The van der Waals surface area contributed by atoms with Crippen LogP contribution in [0.2, 0.25) is 0 Å². The molecule has 0 N–H and O–H groups in total. The Hall–Kier alpha value is -1.80. The van der Waals surface area contributed by atoms with Gasteiger partial charge < -0.3 is 8.94 Å². The summed E-state index contributed by atoms with van der Waals surface area (Å²) in [7, 11) is 0. The summed E-state index contributed by atoms with van der Waals surface area (Å²) >= 11 is 0. The maximum Gasteiger partial charge on any atom is 0.243 e. The van der Waals surface area contributed by atoms with Crippen molar-refractivity contribution in [1.29, 1.82) is 0 Å². The third-order valence-electron chi connectivity index (χ3n) is 4.24. The minimum Gasteiger partial charge on any atom is -0.424 e. The third-order valence-corrected chi connectivity index (χ3v) is 4.24. The molecule has 1 saturated heterocycles. The lowest BCUT2D eigenvalue weighted by Gasteiger charge is -2.38. The van der Waals surface area contributed by atoms with Crippen LogP contribution in [-0.2, 0) is 0 Å². The van der Waals surface area contributed by atoms with Crippen LogP contribution in [0.5, 0.6) is 0 Å². The van der Waals surface area contributed by atoms with Gasteiger partial charge in [0.25, 0.3) is 0 Å². The van der Waals surface area contributed by atoms with Gasteiger partial charge in [0, 0.05) is 33.1 Å². The summed E-state index contributed by atoms with van der Waals surface area (Å²) in [6.45, 7) is 11.6. The van der Waals surface area contributed by atoms with Gasteiger partial charge in [0.2, 0.25) is 17.7 Å². The molecule has 22 heavy (non-hydrogen) atoms. The highest BCUT2D eigenvalue weighted by Crippen LogP contribution is 2.24. The van der Waals surface area contributed by atoms with E-state index in [2.05, 4.69) is 44.0 Å². The minimum atomic E-state index is 0.143. The molecular formula is C14H22N6O2. The average Bonchev–Trinajstić information content (AvgIpc) is 3.14. The fraction of sp³-hybridized carbons (Fsp3) is 0.714. The van der Waals surface area contributed by atoms with Crippen molar-refractivity contribution in [2.75, 3.05) is 26.2 Å². The number of aromatic nitrogens is 4. The molecular weight excluding hydrogens is 284 g/mol. The highest BCUT2D eigenvalue weighted by atomic mass is 16.5. The Morgan fingerprint density at radius 2 is 1.50 bits per heavy atom. The van der Waals surface area contributed by atoms with Crippen LogP contribution in [0.15, 0.2) is 8.94 Å². The molecule has 0 radical (unpaired) electrons. The number of nitrogens with zero attached hydrogens (tertiary/aromatic N) is 6. The molecule has 2 unspecified atom stereocenters. The topological polar surface area (TPSA) is 84.3 Å². The van der Waals surface area contributed by atoms with Gasteiger partial charge in [-0.15, -0.1) is 10.2 Å². The SMILES string of the molecule is Cc1noc(C(C)N2CCN(C(C)c3nnc(C)o3)CC2)n1. The predicted molar refractivity (Wildman–Crippen MR) is 78.0 cm³/mol. The van der Waals surface area contributed by atoms with Crippen LogP contribution >= 0.6 is 0 Å². The fourth-order valence-electron chi connectivity index (χ4n) is 2.79. The van der Waals surface area contributed by atoms with Crippen molar-refractivity contribution < 1.29 is 8.94 Å². The van der Waals surface area contributed by atoms with E-state index >= 15 is 0 Å². The van der Waals surface area contributed by atoms with Crippen LogP contribution in [0.25, 0.3) is 0 Å². The molecule has 2 aromatic rings. The van der Waals surface area contributed by atoms with E-state index in [0.717, 1.165) is 26.2 Å². The van der Waals surface area contributed by atoms with E-state index in [1.165, 1.54) is 0 Å². The Kier molecular flexibility index (Phi) is 4.21. The summed E-state index contributed by atoms with van der Waals surface area (Å²) in [5.74, 6) is 2.67. The van der Waals surface area contributed by atoms with E-state index in [1.54, 1.807) is 0 Å². The summed E-state index contributed by atoms with van der Waals surface area (Å²) < 4.78 is 10.8. The van der Waals surface area contributed by atoms with Crippen molar-refractivity contribution in [1.82, 2.24) is 30.1 Å². The highest BCUT2D eigenvalue weighted by molar-refractivity contribution is 4.94. The molecule has 1 fully saturated rings. The lowest BCUT2D eigenvalue weighted by molar-refractivity contribution is 0.0603. The third kappa shape index (κ3) is 3.02. The molecule has 8 nitrogen and oxygen atoms in total. The second-order valence-corrected chi connectivity index (χ2v) is 5.76. The molecule has 0 aliphatic carbocycles. The van der Waals surface area contributed by atoms with E-state index in [9.17, 15) is 0 Å². The van der Waals surface area contributed by atoms with Gasteiger partial charge in [-0.25, -0.2) is 0 Å². The van der Waals surface area contributed by atoms with E-state index < -0.39 is 0 Å². The molecule has 3 rings (SSSR count). The van der Waals surface area contributed by atoms with Crippen LogP contribution in [0, 0.1) is 13.8 Å². The van der Waals surface area contributed by atoms with Crippen LogP contribution in [0.4, 0.5) is 0 Å². The molecule has 0 saturated carbocycles. The molecule has 2 atom stereocenters. The van der Waals surface area contributed by atoms with Crippen molar-refractivity contribution in [2.45, 2.75) is 39.8 Å². The zero-order chi connectivity index (χ0) is 15.7. The largest absolute Gasteiger partial charge is 0.424 e. The zero-order valence-corrected chi connectivity index (χ0v) is 13.5. The van der Waals surface area contributed by atoms with Gasteiger partial charge in [0.05, 0.1) is 12.1 Å². The van der Waals surface area contributed by atoms with Gasteiger partial charge in [0.1, 0.15) is 0 Å². The summed E-state index contributed by atoms with van der Waals surface area (Å²) in [6, 6.07) is 0.286. The Labute approximate surface area is 129 Å². The first-order chi connectivity index (χ1) is 10.5. The minimum absolute atomic E-state index is 0.143. The fourth-order valence-corrected chi connectivity index (χ4v) is 2.79. The quantitative estimate of drug-likeness (QED) is 0.840. The monoisotopic (exact) mass is 306 g/mol. The normalized spacial score (nSPS) is 20.2. The van der Waals surface area contributed by atoms with Gasteiger partial charge in [0.15, 0.2) is 5.82 Å². The van der Waals surface area contributed by atoms with Crippen molar-refractivity contribution >= 4 is 0 Å². The Morgan fingerprint density at radius 1 is 0.909 bits per heavy atom. The van der Waals surface area contributed by atoms with E-state index in [1.807, 2.05) is 13.8 Å². The van der Waals surface area contributed by atoms with Crippen molar-refractivity contribution in [3.05, 3.63) is 23.5 Å². The van der Waals surface area contributed by atoms with Gasteiger partial charge in [-0.3, -0.25) is 9.80 Å². The maximum atomic E-state index is 5.53. The maximum absolute atomic E-state index is 5.53. The Bertz CT molecular complexity index is 562. The first kappa shape index (κ1) is 15.1. The molecule has 1 aliphatic heterocycles. The van der Waals surface area contributed by atoms with Crippen molar-refractivity contribution in [3.63, 3.8) is 0 Å². The number of aryl methyl sites for hydroxylation is 2. The van der Waals surface area contributed by atoms with Gasteiger partial charge in [-0.2, -0.15) is 4.98 Å². The first-order valence-electron chi connectivity index (χ1n) is 7.63. The van der Waals surface area contributed by atoms with Crippen LogP contribution in [0.3, 0.4) is 0 Å². The number of hydrogen-bond acceptors (Lipinski definition) is 8. The van der Waals surface area contributed by atoms with Crippen LogP contribution < -0.4 is 0 Å². The van der Waals surface area contributed by atoms with E-state index in [-0.39, 0.29) is 12.1 Å². The van der Waals surface area contributed by atoms with Crippen molar-refractivity contribution in [2.24, 2.45) is 0 Å². The number of hydrogen-bond donors (Lipinski definition) is 0. The van der Waals surface area contributed by atoms with Crippen LogP contribution in [-0.4, -0.2) is 56.3 Å². The van der Waals surface area contributed by atoms with E-state index in [4.69, 9.17) is 8.94 Å². The predicted octanol–water partition coefficient (Wildman–Crippen LogP) is 1.51. The van der Waals surface area contributed by atoms with E-state index in [0.29, 0.717) is 23.5 Å². The standard InChI is InChI=1S/C14H22N6O2/c1-9(13-15-11(3)18-22-13)19-5-7-20(8-6-19)10(2)14-17-16-12(4)21-14/h9-10H,5-8H2,1-4H3. The average molecular weight is 306 g/mol. The molecule has 0 amide bonds. The molecule has 2 aromatic heterocycles. The number of piperazine rings is 1. The smallest absolute Gasteiger partial charge is 0.243 e. The molecule has 0 aromatic carbocycles. The summed E-state index contributed by atoms with van der Waals surface area (Å²) in [4.78, 5) is 9.04. The molecule has 8 heteroatoms.